The van der Waals surface area contributed by atoms with E-state index in [0.29, 0.717) is 36.1 Å². The topological polar surface area (TPSA) is 62.5 Å². The Hall–Kier alpha value is -2.70. The van der Waals surface area contributed by atoms with Gasteiger partial charge in [-0.1, -0.05) is 17.7 Å². The predicted octanol–water partition coefficient (Wildman–Crippen LogP) is 3.66. The highest BCUT2D eigenvalue weighted by molar-refractivity contribution is 6.30. The number of rotatable bonds is 4. The molecule has 3 heterocycles. The molecule has 1 aromatic carbocycles. The third-order valence-electron chi connectivity index (χ3n) is 4.92. The zero-order chi connectivity index (χ0) is 19.5. The normalized spacial score (nSPS) is 15.0. The summed E-state index contributed by atoms with van der Waals surface area (Å²) in [7, 11) is 0. The van der Waals surface area contributed by atoms with Crippen molar-refractivity contribution in [1.82, 2.24) is 19.8 Å². The molecule has 0 radical (unpaired) electrons. The van der Waals surface area contributed by atoms with Gasteiger partial charge >= 0.3 is 0 Å². The van der Waals surface area contributed by atoms with Gasteiger partial charge in [-0.05, 0) is 37.3 Å². The Labute approximate surface area is 168 Å². The van der Waals surface area contributed by atoms with E-state index in [2.05, 4.69) is 14.9 Å². The standard InChI is InChI=1S/C21H21ClN4O2/c1-15-19(24-20(28-15)17-3-2-4-18(22)13-17)14-25-9-11-26(12-10-25)21(27)16-5-7-23-8-6-16/h2-8,13H,9-12,14H2,1H3. The van der Waals surface area contributed by atoms with Crippen LogP contribution in [-0.2, 0) is 6.54 Å². The van der Waals surface area contributed by atoms with Crippen molar-refractivity contribution in [1.29, 1.82) is 0 Å². The van der Waals surface area contributed by atoms with E-state index in [-0.39, 0.29) is 5.91 Å². The maximum absolute atomic E-state index is 12.5. The summed E-state index contributed by atoms with van der Waals surface area (Å²) in [5.74, 6) is 1.45. The van der Waals surface area contributed by atoms with Crippen LogP contribution in [0.4, 0.5) is 0 Å². The average molecular weight is 397 g/mol. The monoisotopic (exact) mass is 396 g/mol. The Morgan fingerprint density at radius 1 is 1.14 bits per heavy atom. The zero-order valence-electron chi connectivity index (χ0n) is 15.6. The number of carbonyl (C=O) groups excluding carboxylic acids is 1. The van der Waals surface area contributed by atoms with Crippen LogP contribution in [0.3, 0.4) is 0 Å². The lowest BCUT2D eigenvalue weighted by Gasteiger charge is -2.34. The van der Waals surface area contributed by atoms with E-state index >= 15 is 0 Å². The van der Waals surface area contributed by atoms with Gasteiger partial charge in [-0.25, -0.2) is 4.98 Å². The van der Waals surface area contributed by atoms with Crippen molar-refractivity contribution in [3.63, 3.8) is 0 Å². The molecule has 7 heteroatoms. The minimum absolute atomic E-state index is 0.0582. The summed E-state index contributed by atoms with van der Waals surface area (Å²) in [5, 5.41) is 0.657. The molecule has 0 N–H and O–H groups in total. The molecule has 1 aliphatic heterocycles. The van der Waals surface area contributed by atoms with Crippen molar-refractivity contribution in [2.24, 2.45) is 0 Å². The van der Waals surface area contributed by atoms with Crippen LogP contribution in [0.2, 0.25) is 5.02 Å². The molecule has 1 saturated heterocycles. The summed E-state index contributed by atoms with van der Waals surface area (Å²) < 4.78 is 5.85. The molecule has 2 aromatic heterocycles. The number of carbonyl (C=O) groups is 1. The highest BCUT2D eigenvalue weighted by Gasteiger charge is 2.23. The van der Waals surface area contributed by atoms with Crippen LogP contribution >= 0.6 is 11.6 Å². The van der Waals surface area contributed by atoms with Crippen molar-refractivity contribution in [2.45, 2.75) is 13.5 Å². The fraction of sp³-hybridized carbons (Fsp3) is 0.286. The van der Waals surface area contributed by atoms with Crippen LogP contribution in [0.5, 0.6) is 0 Å². The third-order valence-corrected chi connectivity index (χ3v) is 5.16. The first-order valence-corrected chi connectivity index (χ1v) is 9.62. The number of nitrogens with zero attached hydrogens (tertiary/aromatic N) is 4. The van der Waals surface area contributed by atoms with Gasteiger partial charge in [0, 0.05) is 61.3 Å². The molecule has 144 valence electrons. The number of benzene rings is 1. The Morgan fingerprint density at radius 3 is 2.61 bits per heavy atom. The lowest BCUT2D eigenvalue weighted by atomic mass is 10.2. The molecular formula is C21H21ClN4O2. The lowest BCUT2D eigenvalue weighted by molar-refractivity contribution is 0.0626. The second-order valence-corrected chi connectivity index (χ2v) is 7.27. The van der Waals surface area contributed by atoms with Crippen LogP contribution in [0.1, 0.15) is 21.8 Å². The first-order valence-electron chi connectivity index (χ1n) is 9.24. The number of aryl methyl sites for hydroxylation is 1. The van der Waals surface area contributed by atoms with E-state index < -0.39 is 0 Å². The van der Waals surface area contributed by atoms with Crippen molar-refractivity contribution >= 4 is 17.5 Å². The first-order chi connectivity index (χ1) is 13.6. The number of oxazole rings is 1. The number of aromatic nitrogens is 2. The highest BCUT2D eigenvalue weighted by atomic mass is 35.5. The Kier molecular flexibility index (Phi) is 5.41. The minimum Gasteiger partial charge on any atom is -0.441 e. The predicted molar refractivity (Wildman–Crippen MR) is 107 cm³/mol. The molecule has 3 aromatic rings. The largest absolute Gasteiger partial charge is 0.441 e. The second-order valence-electron chi connectivity index (χ2n) is 6.84. The van der Waals surface area contributed by atoms with E-state index in [4.69, 9.17) is 16.0 Å². The molecule has 0 unspecified atom stereocenters. The fourth-order valence-electron chi connectivity index (χ4n) is 3.32. The molecule has 1 amide bonds. The lowest BCUT2D eigenvalue weighted by Crippen LogP contribution is -2.48. The van der Waals surface area contributed by atoms with Gasteiger partial charge in [0.05, 0.1) is 5.69 Å². The summed E-state index contributed by atoms with van der Waals surface area (Å²) in [6.07, 6.45) is 3.29. The molecule has 0 bridgehead atoms. The van der Waals surface area contributed by atoms with Crippen LogP contribution in [0, 0.1) is 6.92 Å². The number of hydrogen-bond donors (Lipinski definition) is 0. The number of pyridine rings is 1. The van der Waals surface area contributed by atoms with Gasteiger partial charge in [-0.2, -0.15) is 0 Å². The maximum atomic E-state index is 12.5. The molecule has 0 aliphatic carbocycles. The van der Waals surface area contributed by atoms with Crippen LogP contribution < -0.4 is 0 Å². The van der Waals surface area contributed by atoms with Gasteiger partial charge < -0.3 is 9.32 Å². The Morgan fingerprint density at radius 2 is 1.89 bits per heavy atom. The Bertz CT molecular complexity index is 966. The molecular weight excluding hydrogens is 376 g/mol. The second kappa shape index (κ2) is 8.12. The van der Waals surface area contributed by atoms with Gasteiger partial charge in [0.2, 0.25) is 5.89 Å². The molecule has 6 nitrogen and oxygen atoms in total. The average Bonchev–Trinajstić information content (AvgIpc) is 3.09. The van der Waals surface area contributed by atoms with Gasteiger partial charge in [-0.3, -0.25) is 14.7 Å². The number of piperazine rings is 1. The molecule has 28 heavy (non-hydrogen) atoms. The molecule has 0 spiro atoms. The summed E-state index contributed by atoms with van der Waals surface area (Å²) in [6, 6.07) is 11.0. The van der Waals surface area contributed by atoms with Crippen LogP contribution in [0.15, 0.2) is 53.2 Å². The summed E-state index contributed by atoms with van der Waals surface area (Å²) >= 11 is 6.07. The molecule has 1 aliphatic rings. The van der Waals surface area contributed by atoms with Gasteiger partial charge in [0.15, 0.2) is 0 Å². The summed E-state index contributed by atoms with van der Waals surface area (Å²) in [4.78, 5) is 25.4. The van der Waals surface area contributed by atoms with Gasteiger partial charge in [0.1, 0.15) is 5.76 Å². The van der Waals surface area contributed by atoms with Gasteiger partial charge in [-0.15, -0.1) is 0 Å². The number of amides is 1. The fourth-order valence-corrected chi connectivity index (χ4v) is 3.51. The number of hydrogen-bond acceptors (Lipinski definition) is 5. The molecule has 1 fully saturated rings. The van der Waals surface area contributed by atoms with E-state index in [0.717, 1.165) is 30.1 Å². The SMILES string of the molecule is Cc1oc(-c2cccc(Cl)c2)nc1CN1CCN(C(=O)c2ccncc2)CC1. The van der Waals surface area contributed by atoms with E-state index in [1.807, 2.05) is 36.1 Å². The van der Waals surface area contributed by atoms with E-state index in [1.54, 1.807) is 24.5 Å². The van der Waals surface area contributed by atoms with Crippen molar-refractivity contribution in [3.8, 4) is 11.5 Å². The van der Waals surface area contributed by atoms with Crippen molar-refractivity contribution in [2.75, 3.05) is 26.2 Å². The summed E-state index contributed by atoms with van der Waals surface area (Å²) in [6.45, 7) is 5.62. The third kappa shape index (κ3) is 4.08. The quantitative estimate of drug-likeness (QED) is 0.673. The van der Waals surface area contributed by atoms with E-state index in [9.17, 15) is 4.79 Å². The minimum atomic E-state index is 0.0582. The first kappa shape index (κ1) is 18.7. The highest BCUT2D eigenvalue weighted by Crippen LogP contribution is 2.25. The summed E-state index contributed by atoms with van der Waals surface area (Å²) in [5.41, 5.74) is 2.47. The maximum Gasteiger partial charge on any atom is 0.254 e. The number of halogens is 1. The zero-order valence-corrected chi connectivity index (χ0v) is 16.4. The van der Waals surface area contributed by atoms with Crippen molar-refractivity contribution in [3.05, 3.63) is 70.8 Å². The van der Waals surface area contributed by atoms with Crippen molar-refractivity contribution < 1.29 is 9.21 Å². The van der Waals surface area contributed by atoms with Crippen LogP contribution in [0.25, 0.3) is 11.5 Å². The molecule has 0 atom stereocenters. The molecule has 4 rings (SSSR count). The molecule has 0 saturated carbocycles. The van der Waals surface area contributed by atoms with Gasteiger partial charge in [0.25, 0.3) is 5.91 Å². The van der Waals surface area contributed by atoms with Crippen LogP contribution in [-0.4, -0.2) is 51.9 Å². The Balaban J connectivity index is 1.38. The smallest absolute Gasteiger partial charge is 0.254 e. The van der Waals surface area contributed by atoms with E-state index in [1.165, 1.54) is 0 Å².